The molecule has 122 valence electrons. The third kappa shape index (κ3) is 4.50. The Hall–Kier alpha value is -2.00. The first-order valence-electron chi connectivity index (χ1n) is 6.54. The molecule has 0 saturated carbocycles. The van der Waals surface area contributed by atoms with Crippen LogP contribution in [0.2, 0.25) is 0 Å². The molecule has 0 amide bonds. The van der Waals surface area contributed by atoms with Gasteiger partial charge in [0.05, 0.1) is 9.82 Å². The fourth-order valence-corrected chi connectivity index (χ4v) is 3.38. The van der Waals surface area contributed by atoms with Crippen LogP contribution < -0.4 is 4.72 Å². The Morgan fingerprint density at radius 1 is 1.41 bits per heavy atom. The number of nitro benzene ring substituents is 1. The van der Waals surface area contributed by atoms with Crippen LogP contribution in [0.3, 0.4) is 0 Å². The van der Waals surface area contributed by atoms with E-state index in [1.807, 2.05) is 0 Å². The van der Waals surface area contributed by atoms with Crippen molar-refractivity contribution in [2.45, 2.75) is 38.1 Å². The summed E-state index contributed by atoms with van der Waals surface area (Å²) >= 11 is 0. The minimum Gasteiger partial charge on any atom is -0.480 e. The molecule has 0 aromatic heterocycles. The second-order valence-electron chi connectivity index (χ2n) is 5.35. The van der Waals surface area contributed by atoms with Crippen molar-refractivity contribution in [2.75, 3.05) is 0 Å². The van der Waals surface area contributed by atoms with Crippen LogP contribution in [-0.4, -0.2) is 30.5 Å². The topological polar surface area (TPSA) is 127 Å². The van der Waals surface area contributed by atoms with E-state index >= 15 is 0 Å². The molecule has 0 aliphatic heterocycles. The summed E-state index contributed by atoms with van der Waals surface area (Å²) in [5.74, 6) is -1.32. The number of sulfonamides is 1. The molecule has 22 heavy (non-hydrogen) atoms. The molecule has 0 bridgehead atoms. The van der Waals surface area contributed by atoms with Gasteiger partial charge in [-0.2, -0.15) is 4.72 Å². The first kappa shape index (κ1) is 18.1. The van der Waals surface area contributed by atoms with Gasteiger partial charge in [0.15, 0.2) is 0 Å². The second-order valence-corrected chi connectivity index (χ2v) is 7.03. The molecule has 1 atom stereocenters. The van der Waals surface area contributed by atoms with Crippen LogP contribution in [0.5, 0.6) is 0 Å². The van der Waals surface area contributed by atoms with Crippen molar-refractivity contribution < 1.29 is 23.2 Å². The molecule has 1 rings (SSSR count). The van der Waals surface area contributed by atoms with Gasteiger partial charge in [0.2, 0.25) is 10.0 Å². The maximum absolute atomic E-state index is 12.3. The van der Waals surface area contributed by atoms with E-state index in [4.69, 9.17) is 5.11 Å². The summed E-state index contributed by atoms with van der Waals surface area (Å²) in [6.07, 6.45) is 0.114. The maximum Gasteiger partial charge on any atom is 0.321 e. The number of nitrogens with zero attached hydrogens (tertiary/aromatic N) is 1. The molecule has 0 aliphatic rings. The predicted octanol–water partition coefficient (Wildman–Crippen LogP) is 1.68. The van der Waals surface area contributed by atoms with Crippen molar-refractivity contribution in [3.63, 3.8) is 0 Å². The molecular formula is C13H18N2O6S. The Balaban J connectivity index is 3.20. The van der Waals surface area contributed by atoms with Gasteiger partial charge in [-0.15, -0.1) is 0 Å². The lowest BCUT2D eigenvalue weighted by atomic mass is 10.1. The van der Waals surface area contributed by atoms with E-state index in [0.29, 0.717) is 5.56 Å². The number of non-ortho nitro benzene ring substituents is 1. The van der Waals surface area contributed by atoms with Gasteiger partial charge in [0.1, 0.15) is 6.04 Å². The quantitative estimate of drug-likeness (QED) is 0.578. The predicted molar refractivity (Wildman–Crippen MR) is 79.0 cm³/mol. The van der Waals surface area contributed by atoms with Crippen LogP contribution in [0.4, 0.5) is 5.69 Å². The number of hydrogen-bond acceptors (Lipinski definition) is 5. The number of carboxylic acid groups (broad SMARTS) is 1. The zero-order valence-corrected chi connectivity index (χ0v) is 13.3. The molecule has 2 N–H and O–H groups in total. The normalized spacial score (nSPS) is 13.1. The molecule has 1 aromatic carbocycles. The van der Waals surface area contributed by atoms with E-state index in [0.717, 1.165) is 6.07 Å². The van der Waals surface area contributed by atoms with E-state index in [2.05, 4.69) is 4.72 Å². The molecule has 8 nitrogen and oxygen atoms in total. The second kappa shape index (κ2) is 6.84. The number of nitrogens with one attached hydrogen (secondary N) is 1. The highest BCUT2D eigenvalue weighted by atomic mass is 32.2. The fraction of sp³-hybridized carbons (Fsp3) is 0.462. The Bertz CT molecular complexity index is 684. The van der Waals surface area contributed by atoms with Crippen molar-refractivity contribution in [1.82, 2.24) is 4.72 Å². The van der Waals surface area contributed by atoms with Crippen LogP contribution >= 0.6 is 0 Å². The highest BCUT2D eigenvalue weighted by molar-refractivity contribution is 7.89. The van der Waals surface area contributed by atoms with Gasteiger partial charge in [-0.3, -0.25) is 14.9 Å². The number of carbonyl (C=O) groups is 1. The molecular weight excluding hydrogens is 312 g/mol. The molecule has 0 radical (unpaired) electrons. The summed E-state index contributed by atoms with van der Waals surface area (Å²) in [4.78, 5) is 20.9. The van der Waals surface area contributed by atoms with Gasteiger partial charge in [-0.1, -0.05) is 19.9 Å². The van der Waals surface area contributed by atoms with E-state index < -0.39 is 27.0 Å². The Morgan fingerprint density at radius 2 is 2.00 bits per heavy atom. The lowest BCUT2D eigenvalue weighted by Crippen LogP contribution is -2.41. The van der Waals surface area contributed by atoms with Gasteiger partial charge in [0, 0.05) is 12.1 Å². The highest BCUT2D eigenvalue weighted by Crippen LogP contribution is 2.22. The zero-order valence-electron chi connectivity index (χ0n) is 12.4. The van der Waals surface area contributed by atoms with Crippen molar-refractivity contribution in [3.8, 4) is 0 Å². The molecule has 1 aromatic rings. The van der Waals surface area contributed by atoms with Crippen LogP contribution in [0.15, 0.2) is 23.1 Å². The number of aryl methyl sites for hydroxylation is 1. The number of aliphatic carboxylic acids is 1. The highest BCUT2D eigenvalue weighted by Gasteiger charge is 2.28. The van der Waals surface area contributed by atoms with E-state index in [1.54, 1.807) is 13.8 Å². The maximum atomic E-state index is 12.3. The molecule has 0 saturated heterocycles. The minimum atomic E-state index is -4.17. The van der Waals surface area contributed by atoms with Gasteiger partial charge in [0.25, 0.3) is 5.69 Å². The van der Waals surface area contributed by atoms with Crippen LogP contribution in [0.1, 0.15) is 25.8 Å². The molecule has 1 unspecified atom stereocenters. The third-order valence-electron chi connectivity index (χ3n) is 2.97. The lowest BCUT2D eigenvalue weighted by Gasteiger charge is -2.17. The van der Waals surface area contributed by atoms with Crippen molar-refractivity contribution >= 4 is 21.7 Å². The largest absolute Gasteiger partial charge is 0.480 e. The van der Waals surface area contributed by atoms with Crippen LogP contribution in [-0.2, 0) is 14.8 Å². The fourth-order valence-electron chi connectivity index (χ4n) is 1.91. The summed E-state index contributed by atoms with van der Waals surface area (Å²) in [5, 5.41) is 19.9. The summed E-state index contributed by atoms with van der Waals surface area (Å²) in [6.45, 7) is 5.02. The Morgan fingerprint density at radius 3 is 2.45 bits per heavy atom. The van der Waals surface area contributed by atoms with Crippen molar-refractivity contribution in [1.29, 1.82) is 0 Å². The Kier molecular flexibility index (Phi) is 5.61. The van der Waals surface area contributed by atoms with Gasteiger partial charge < -0.3 is 5.11 Å². The Labute approximate surface area is 128 Å². The standard InChI is InChI=1S/C13H18N2O6S/c1-8(2)6-11(13(16)17)14-22(20,21)12-7-10(15(18)19)5-4-9(12)3/h4-5,7-8,11,14H,6H2,1-3H3,(H,16,17). The number of benzene rings is 1. The number of hydrogen-bond donors (Lipinski definition) is 2. The van der Waals surface area contributed by atoms with E-state index in [-0.39, 0.29) is 22.9 Å². The number of rotatable bonds is 7. The molecule has 0 heterocycles. The van der Waals surface area contributed by atoms with Crippen LogP contribution in [0.25, 0.3) is 0 Å². The molecule has 0 spiro atoms. The first-order chi connectivity index (χ1) is 10.0. The number of nitro groups is 1. The van der Waals surface area contributed by atoms with Gasteiger partial charge in [-0.05, 0) is 24.8 Å². The van der Waals surface area contributed by atoms with E-state index in [9.17, 15) is 23.3 Å². The van der Waals surface area contributed by atoms with E-state index in [1.165, 1.54) is 19.1 Å². The number of carboxylic acids is 1. The molecule has 0 fully saturated rings. The van der Waals surface area contributed by atoms with Crippen molar-refractivity contribution in [2.24, 2.45) is 5.92 Å². The summed E-state index contributed by atoms with van der Waals surface area (Å²) in [5.41, 5.74) is -0.0755. The third-order valence-corrected chi connectivity index (χ3v) is 4.59. The average molecular weight is 330 g/mol. The SMILES string of the molecule is Cc1ccc([N+](=O)[O-])cc1S(=O)(=O)NC(CC(C)C)C(=O)O. The van der Waals surface area contributed by atoms with Crippen LogP contribution in [0, 0.1) is 23.0 Å². The van der Waals surface area contributed by atoms with Gasteiger partial charge in [-0.25, -0.2) is 8.42 Å². The summed E-state index contributed by atoms with van der Waals surface area (Å²) in [7, 11) is -4.17. The van der Waals surface area contributed by atoms with Crippen molar-refractivity contribution in [3.05, 3.63) is 33.9 Å². The minimum absolute atomic E-state index is 0.0324. The molecule has 0 aliphatic carbocycles. The smallest absolute Gasteiger partial charge is 0.321 e. The molecule has 9 heteroatoms. The summed E-state index contributed by atoms with van der Waals surface area (Å²) in [6, 6.07) is 2.14. The zero-order chi connectivity index (χ0) is 17.1. The van der Waals surface area contributed by atoms with Gasteiger partial charge >= 0.3 is 5.97 Å². The summed E-state index contributed by atoms with van der Waals surface area (Å²) < 4.78 is 26.8. The average Bonchev–Trinajstić information content (AvgIpc) is 2.36. The monoisotopic (exact) mass is 330 g/mol. The first-order valence-corrected chi connectivity index (χ1v) is 8.03. The lowest BCUT2D eigenvalue weighted by molar-refractivity contribution is -0.385.